The van der Waals surface area contributed by atoms with Gasteiger partial charge in [0, 0.05) is 31.8 Å². The molecule has 1 saturated heterocycles. The molecular formula is C20H24N3O5S+. The second kappa shape index (κ2) is 8.81. The van der Waals surface area contributed by atoms with Crippen molar-refractivity contribution < 1.29 is 27.3 Å². The fourth-order valence-corrected chi connectivity index (χ4v) is 4.38. The number of carbonyl (C=O) groups excluding carboxylic acids is 2. The van der Waals surface area contributed by atoms with Crippen molar-refractivity contribution >= 4 is 27.4 Å². The number of pyridine rings is 1. The Morgan fingerprint density at radius 1 is 1.14 bits per heavy atom. The summed E-state index contributed by atoms with van der Waals surface area (Å²) in [5.41, 5.74) is 1.01. The van der Waals surface area contributed by atoms with Gasteiger partial charge in [0.1, 0.15) is 0 Å². The number of hydrogen-bond acceptors (Lipinski definition) is 5. The second-order valence-corrected chi connectivity index (χ2v) is 8.74. The molecule has 0 bridgehead atoms. The molecule has 1 aliphatic heterocycles. The summed E-state index contributed by atoms with van der Waals surface area (Å²) in [6.45, 7) is 4.61. The molecule has 1 aromatic carbocycles. The van der Waals surface area contributed by atoms with E-state index in [1.165, 1.54) is 23.4 Å². The van der Waals surface area contributed by atoms with Gasteiger partial charge in [0.25, 0.3) is 5.91 Å². The van der Waals surface area contributed by atoms with E-state index in [0.717, 1.165) is 0 Å². The molecule has 0 spiro atoms. The average molecular weight is 418 g/mol. The SMILES string of the molecule is CC(=O)c1ccc[n+]([C@@H](C)C(=O)Nc2ccc(S(=O)(=O)N3CCOCC3)cc2)c1. The van der Waals surface area contributed by atoms with E-state index in [-0.39, 0.29) is 16.6 Å². The lowest BCUT2D eigenvalue weighted by molar-refractivity contribution is -0.705. The van der Waals surface area contributed by atoms with Crippen LogP contribution in [0.4, 0.5) is 5.69 Å². The van der Waals surface area contributed by atoms with E-state index in [9.17, 15) is 18.0 Å². The monoisotopic (exact) mass is 418 g/mol. The maximum Gasteiger partial charge on any atom is 0.293 e. The zero-order valence-corrected chi connectivity index (χ0v) is 17.2. The molecule has 1 aromatic heterocycles. The summed E-state index contributed by atoms with van der Waals surface area (Å²) in [5.74, 6) is -0.358. The first-order valence-electron chi connectivity index (χ1n) is 9.29. The molecule has 0 unspecified atom stereocenters. The van der Waals surface area contributed by atoms with Crippen molar-refractivity contribution in [2.75, 3.05) is 31.6 Å². The number of carbonyl (C=O) groups is 2. The molecule has 1 N–H and O–H groups in total. The number of rotatable bonds is 6. The highest BCUT2D eigenvalue weighted by Gasteiger charge is 2.27. The van der Waals surface area contributed by atoms with Crippen LogP contribution in [0.1, 0.15) is 30.2 Å². The zero-order valence-electron chi connectivity index (χ0n) is 16.4. The number of benzene rings is 1. The predicted molar refractivity (Wildman–Crippen MR) is 106 cm³/mol. The second-order valence-electron chi connectivity index (χ2n) is 6.80. The molecule has 1 amide bonds. The van der Waals surface area contributed by atoms with Crippen LogP contribution in [0.15, 0.2) is 53.7 Å². The van der Waals surface area contributed by atoms with Crippen LogP contribution in [0.2, 0.25) is 0 Å². The van der Waals surface area contributed by atoms with E-state index < -0.39 is 16.1 Å². The summed E-state index contributed by atoms with van der Waals surface area (Å²) in [7, 11) is -3.57. The van der Waals surface area contributed by atoms with Crippen molar-refractivity contribution in [1.29, 1.82) is 0 Å². The topological polar surface area (TPSA) is 96.7 Å². The third kappa shape index (κ3) is 4.87. The number of nitrogens with zero attached hydrogens (tertiary/aromatic N) is 2. The van der Waals surface area contributed by atoms with Crippen LogP contribution >= 0.6 is 0 Å². The largest absolute Gasteiger partial charge is 0.379 e. The summed E-state index contributed by atoms with van der Waals surface area (Å²) >= 11 is 0. The van der Waals surface area contributed by atoms with Crippen LogP contribution < -0.4 is 9.88 Å². The molecule has 0 saturated carbocycles. The number of anilines is 1. The van der Waals surface area contributed by atoms with Crippen LogP contribution in [0.5, 0.6) is 0 Å². The molecule has 0 aliphatic carbocycles. The number of ether oxygens (including phenoxy) is 1. The van der Waals surface area contributed by atoms with Crippen molar-refractivity contribution in [3.8, 4) is 0 Å². The minimum Gasteiger partial charge on any atom is -0.379 e. The van der Waals surface area contributed by atoms with Crippen molar-refractivity contribution in [3.63, 3.8) is 0 Å². The average Bonchev–Trinajstić information content (AvgIpc) is 2.74. The van der Waals surface area contributed by atoms with Crippen molar-refractivity contribution in [1.82, 2.24) is 4.31 Å². The van der Waals surface area contributed by atoms with Gasteiger partial charge in [0.2, 0.25) is 16.1 Å². The third-order valence-electron chi connectivity index (χ3n) is 4.79. The van der Waals surface area contributed by atoms with Crippen LogP contribution in [0, 0.1) is 0 Å². The molecule has 1 aliphatic rings. The first kappa shape index (κ1) is 21.1. The van der Waals surface area contributed by atoms with Gasteiger partial charge in [-0.15, -0.1) is 0 Å². The molecule has 8 nitrogen and oxygen atoms in total. The molecule has 9 heteroatoms. The Hall–Kier alpha value is -2.62. The van der Waals surface area contributed by atoms with Gasteiger partial charge in [0.05, 0.1) is 23.7 Å². The number of Topliss-reactive ketones (excluding diaryl/α,β-unsaturated/α-hetero) is 1. The van der Waals surface area contributed by atoms with Gasteiger partial charge in [-0.2, -0.15) is 8.87 Å². The smallest absolute Gasteiger partial charge is 0.293 e. The van der Waals surface area contributed by atoms with Gasteiger partial charge in [-0.25, -0.2) is 8.42 Å². The first-order chi connectivity index (χ1) is 13.8. The Kier molecular flexibility index (Phi) is 6.41. The van der Waals surface area contributed by atoms with E-state index in [1.807, 2.05) is 0 Å². The number of amides is 1. The molecular weight excluding hydrogens is 394 g/mol. The van der Waals surface area contributed by atoms with Crippen LogP contribution in [-0.4, -0.2) is 50.7 Å². The van der Waals surface area contributed by atoms with E-state index in [4.69, 9.17) is 4.74 Å². The lowest BCUT2D eigenvalue weighted by atomic mass is 10.2. The lowest BCUT2D eigenvalue weighted by Crippen LogP contribution is -2.44. The fourth-order valence-electron chi connectivity index (χ4n) is 2.97. The van der Waals surface area contributed by atoms with Gasteiger partial charge < -0.3 is 10.1 Å². The standard InChI is InChI=1S/C20H23N3O5S/c1-15(22-9-3-4-17(14-22)16(2)24)20(25)21-18-5-7-19(8-6-18)29(26,27)23-10-12-28-13-11-23/h3-9,14-15H,10-13H2,1-2H3/p+1/t15-/m0/s1. The number of aromatic nitrogens is 1. The number of sulfonamides is 1. The molecule has 154 valence electrons. The maximum absolute atomic E-state index is 12.7. The lowest BCUT2D eigenvalue weighted by Gasteiger charge is -2.26. The zero-order chi connectivity index (χ0) is 21.0. The van der Waals surface area contributed by atoms with E-state index in [0.29, 0.717) is 37.6 Å². The Bertz CT molecular complexity index is 999. The number of hydrogen-bond donors (Lipinski definition) is 1. The third-order valence-corrected chi connectivity index (χ3v) is 6.70. The van der Waals surface area contributed by atoms with Gasteiger partial charge in [-0.05, 0) is 37.3 Å². The summed E-state index contributed by atoms with van der Waals surface area (Å²) in [5, 5.41) is 2.77. The molecule has 3 rings (SSSR count). The van der Waals surface area contributed by atoms with E-state index >= 15 is 0 Å². The molecule has 29 heavy (non-hydrogen) atoms. The van der Waals surface area contributed by atoms with Crippen LogP contribution in [0.3, 0.4) is 0 Å². The van der Waals surface area contributed by atoms with Gasteiger partial charge >= 0.3 is 0 Å². The molecule has 2 aromatic rings. The maximum atomic E-state index is 12.7. The highest BCUT2D eigenvalue weighted by Crippen LogP contribution is 2.19. The highest BCUT2D eigenvalue weighted by molar-refractivity contribution is 7.89. The minimum absolute atomic E-state index is 0.0796. The Morgan fingerprint density at radius 3 is 2.41 bits per heavy atom. The first-order valence-corrected chi connectivity index (χ1v) is 10.7. The number of nitrogens with one attached hydrogen (secondary N) is 1. The Morgan fingerprint density at radius 2 is 1.79 bits per heavy atom. The van der Waals surface area contributed by atoms with Gasteiger partial charge in [-0.1, -0.05) is 0 Å². The summed E-state index contributed by atoms with van der Waals surface area (Å²) < 4.78 is 33.6. The van der Waals surface area contributed by atoms with Crippen molar-refractivity contribution in [2.24, 2.45) is 0 Å². The summed E-state index contributed by atoms with van der Waals surface area (Å²) in [4.78, 5) is 24.3. The molecule has 0 radical (unpaired) electrons. The Balaban J connectivity index is 1.70. The van der Waals surface area contributed by atoms with Crippen molar-refractivity contribution in [2.45, 2.75) is 24.8 Å². The van der Waals surface area contributed by atoms with E-state index in [2.05, 4.69) is 5.32 Å². The molecule has 2 heterocycles. The fraction of sp³-hybridized carbons (Fsp3) is 0.350. The molecule has 1 fully saturated rings. The minimum atomic E-state index is -3.57. The van der Waals surface area contributed by atoms with E-state index in [1.54, 1.807) is 48.1 Å². The van der Waals surface area contributed by atoms with Crippen LogP contribution in [0.25, 0.3) is 0 Å². The highest BCUT2D eigenvalue weighted by atomic mass is 32.2. The molecule has 1 atom stereocenters. The predicted octanol–water partition coefficient (Wildman–Crippen LogP) is 1.40. The summed E-state index contributed by atoms with van der Waals surface area (Å²) in [6.07, 6.45) is 3.35. The number of morpholine rings is 1. The normalized spacial score (nSPS) is 16.2. The van der Waals surface area contributed by atoms with Gasteiger partial charge in [-0.3, -0.25) is 9.59 Å². The summed E-state index contributed by atoms with van der Waals surface area (Å²) in [6, 6.07) is 8.95. The quantitative estimate of drug-likeness (QED) is 0.565. The Labute approximate surface area is 170 Å². The van der Waals surface area contributed by atoms with Gasteiger partial charge in [0.15, 0.2) is 18.2 Å². The van der Waals surface area contributed by atoms with Crippen molar-refractivity contribution in [3.05, 3.63) is 54.4 Å². The van der Waals surface area contributed by atoms with Crippen LogP contribution in [-0.2, 0) is 19.6 Å². The number of ketones is 1.